The van der Waals surface area contributed by atoms with Crippen LogP contribution in [0.15, 0.2) is 72.8 Å². The molecule has 0 saturated heterocycles. The number of imidazole rings is 1. The Morgan fingerprint density at radius 3 is 2.29 bits per heavy atom. The summed E-state index contributed by atoms with van der Waals surface area (Å²) in [6.07, 6.45) is 2.62. The maximum Gasteiger partial charge on any atom is 0.454 e. The third kappa shape index (κ3) is 7.84. The predicted octanol–water partition coefficient (Wildman–Crippen LogP) is 5.76. The van der Waals surface area contributed by atoms with Crippen LogP contribution in [-0.4, -0.2) is 57.9 Å². The van der Waals surface area contributed by atoms with Gasteiger partial charge in [-0.15, -0.1) is 10.2 Å². The summed E-state index contributed by atoms with van der Waals surface area (Å²) in [7, 11) is 0. The van der Waals surface area contributed by atoms with E-state index < -0.39 is 6.09 Å². The van der Waals surface area contributed by atoms with E-state index in [1.165, 1.54) is 0 Å². The molecule has 3 aromatic carbocycles. The molecule has 5 rings (SSSR count). The van der Waals surface area contributed by atoms with Crippen molar-refractivity contribution < 1.29 is 29.6 Å². The summed E-state index contributed by atoms with van der Waals surface area (Å²) in [5.74, 6) is 1.04. The zero-order valence-corrected chi connectivity index (χ0v) is 25.0. The quantitative estimate of drug-likeness (QED) is 0.120. The average molecular weight is 632 g/mol. The van der Waals surface area contributed by atoms with Gasteiger partial charge in [-0.1, -0.05) is 103 Å². The Bertz CT molecular complexity index is 1750. The number of halogens is 1. The number of carbonyl (C=O) groups is 2. The van der Waals surface area contributed by atoms with Crippen molar-refractivity contribution in [2.24, 2.45) is 0 Å². The molecule has 2 heterocycles. The summed E-state index contributed by atoms with van der Waals surface area (Å²) in [4.78, 5) is 34.1. The summed E-state index contributed by atoms with van der Waals surface area (Å²) in [6, 6.07) is 22.2. The highest BCUT2D eigenvalue weighted by atomic mass is 35.5. The van der Waals surface area contributed by atoms with Crippen molar-refractivity contribution in [3.05, 3.63) is 106 Å². The van der Waals surface area contributed by atoms with Crippen LogP contribution in [0, 0.1) is 0 Å². The molecule has 0 aliphatic heterocycles. The summed E-state index contributed by atoms with van der Waals surface area (Å²) in [5.41, 5.74) is 5.14. The van der Waals surface area contributed by atoms with E-state index in [-0.39, 0.29) is 29.6 Å². The van der Waals surface area contributed by atoms with Crippen molar-refractivity contribution in [1.29, 1.82) is 0 Å². The number of tetrazole rings is 1. The van der Waals surface area contributed by atoms with Crippen molar-refractivity contribution in [1.82, 2.24) is 35.1 Å². The zero-order chi connectivity index (χ0) is 31.8. The highest BCUT2D eigenvalue weighted by Gasteiger charge is 2.18. The maximum atomic E-state index is 12.6. The van der Waals surface area contributed by atoms with Gasteiger partial charge in [0.25, 0.3) is 0 Å². The Morgan fingerprint density at radius 2 is 1.62 bits per heavy atom. The van der Waals surface area contributed by atoms with Crippen molar-refractivity contribution in [3.8, 4) is 22.5 Å². The Hall–Kier alpha value is -4.79. The minimum Gasteiger partial charge on any atom is -0.442 e. The van der Waals surface area contributed by atoms with E-state index in [1.54, 1.807) is 24.3 Å². The number of carbonyl (C=O) groups excluding carboxylic acids is 2. The van der Waals surface area contributed by atoms with E-state index in [0.717, 1.165) is 52.9 Å². The Labute approximate surface area is 263 Å². The standard InChI is InChI=1S/C31H30ClN7O6/c1-2-3-8-28-33-29(32)27(18-40)37(28)17-21-13-15-24(16-14-21)25-6-4-5-7-26(25)30-34-36-38(35-30)31(41)44-19-22-9-11-23(12-10-22)20-45-39(42)43/h4-7,9-16,18,42-43H,2-3,8,17,19-20H2,1H3. The lowest BCUT2D eigenvalue weighted by molar-refractivity contribution is -0.497. The minimum absolute atomic E-state index is 0.0361. The molecular formula is C31H30ClN7O6. The number of hydrogen-bond donors (Lipinski definition) is 2. The number of aromatic nitrogens is 6. The number of unbranched alkanes of at least 4 members (excludes halogenated alkanes) is 1. The van der Waals surface area contributed by atoms with Gasteiger partial charge in [-0.05, 0) is 39.5 Å². The van der Waals surface area contributed by atoms with Crippen LogP contribution in [0.25, 0.3) is 22.5 Å². The van der Waals surface area contributed by atoms with Gasteiger partial charge in [-0.2, -0.15) is 0 Å². The lowest BCUT2D eigenvalue weighted by atomic mass is 9.98. The first kappa shape index (κ1) is 31.6. The fourth-order valence-electron chi connectivity index (χ4n) is 4.66. The lowest BCUT2D eigenvalue weighted by Crippen LogP contribution is -2.17. The largest absolute Gasteiger partial charge is 0.454 e. The number of rotatable bonds is 13. The topological polar surface area (TPSA) is 158 Å². The van der Waals surface area contributed by atoms with Crippen LogP contribution in [0.1, 0.15) is 52.8 Å². The predicted molar refractivity (Wildman–Crippen MR) is 161 cm³/mol. The molecule has 0 unspecified atom stereocenters. The van der Waals surface area contributed by atoms with Gasteiger partial charge in [0.15, 0.2) is 11.4 Å². The molecule has 0 fully saturated rings. The van der Waals surface area contributed by atoms with Crippen molar-refractivity contribution in [3.63, 3.8) is 0 Å². The Morgan fingerprint density at radius 1 is 0.956 bits per heavy atom. The molecule has 2 aromatic heterocycles. The van der Waals surface area contributed by atoms with Crippen molar-refractivity contribution in [2.45, 2.75) is 45.9 Å². The fraction of sp³-hybridized carbons (Fsp3) is 0.226. The fourth-order valence-corrected chi connectivity index (χ4v) is 4.91. The molecule has 2 N–H and O–H groups in total. The second-order valence-electron chi connectivity index (χ2n) is 10.1. The van der Waals surface area contributed by atoms with Crippen LogP contribution in [0.3, 0.4) is 0 Å². The van der Waals surface area contributed by atoms with Crippen molar-refractivity contribution in [2.75, 3.05) is 0 Å². The van der Waals surface area contributed by atoms with E-state index in [0.29, 0.717) is 28.9 Å². The number of aryl methyl sites for hydroxylation is 1. The van der Waals surface area contributed by atoms with Crippen LogP contribution in [0.4, 0.5) is 4.79 Å². The zero-order valence-electron chi connectivity index (χ0n) is 24.3. The van der Waals surface area contributed by atoms with E-state index in [4.69, 9.17) is 26.8 Å². The monoisotopic (exact) mass is 631 g/mol. The molecule has 232 valence electrons. The molecule has 0 aliphatic rings. The molecular weight excluding hydrogens is 602 g/mol. The molecule has 45 heavy (non-hydrogen) atoms. The van der Waals surface area contributed by atoms with Gasteiger partial charge in [-0.3, -0.25) is 15.2 Å². The molecule has 5 aromatic rings. The van der Waals surface area contributed by atoms with Gasteiger partial charge in [0.05, 0.1) is 12.0 Å². The molecule has 13 nitrogen and oxygen atoms in total. The number of ether oxygens (including phenoxy) is 1. The second kappa shape index (κ2) is 14.8. The van der Waals surface area contributed by atoms with E-state index in [2.05, 4.69) is 32.2 Å². The van der Waals surface area contributed by atoms with Crippen LogP contribution < -0.4 is 0 Å². The van der Waals surface area contributed by atoms with Crippen LogP contribution in [0.2, 0.25) is 5.15 Å². The average Bonchev–Trinajstić information content (AvgIpc) is 3.67. The first-order chi connectivity index (χ1) is 21.9. The molecule has 0 aliphatic carbocycles. The van der Waals surface area contributed by atoms with Gasteiger partial charge in [0.1, 0.15) is 18.1 Å². The number of aldehydes is 1. The highest BCUT2D eigenvalue weighted by Crippen LogP contribution is 2.30. The van der Waals surface area contributed by atoms with Gasteiger partial charge < -0.3 is 9.30 Å². The molecule has 0 spiro atoms. The van der Waals surface area contributed by atoms with Crippen LogP contribution >= 0.6 is 11.6 Å². The molecule has 14 heteroatoms. The summed E-state index contributed by atoms with van der Waals surface area (Å²) >= 11 is 6.24. The third-order valence-electron chi connectivity index (χ3n) is 6.99. The third-order valence-corrected chi connectivity index (χ3v) is 7.27. The van der Waals surface area contributed by atoms with Crippen LogP contribution in [0.5, 0.6) is 0 Å². The van der Waals surface area contributed by atoms with Crippen LogP contribution in [-0.2, 0) is 35.8 Å². The van der Waals surface area contributed by atoms with Crippen molar-refractivity contribution >= 4 is 24.0 Å². The first-order valence-electron chi connectivity index (χ1n) is 14.1. The van der Waals surface area contributed by atoms with E-state index in [9.17, 15) is 9.59 Å². The first-order valence-corrected chi connectivity index (χ1v) is 14.5. The van der Waals surface area contributed by atoms with Gasteiger partial charge >= 0.3 is 6.09 Å². The number of hydrogen-bond acceptors (Lipinski definition) is 11. The maximum absolute atomic E-state index is 12.6. The Kier molecular flexibility index (Phi) is 10.4. The number of benzene rings is 3. The van der Waals surface area contributed by atoms with Gasteiger partial charge in [0, 0.05) is 18.5 Å². The second-order valence-corrected chi connectivity index (χ2v) is 10.4. The molecule has 0 atom stereocenters. The van der Waals surface area contributed by atoms with E-state index >= 15 is 0 Å². The molecule has 0 radical (unpaired) electrons. The molecule has 0 bridgehead atoms. The summed E-state index contributed by atoms with van der Waals surface area (Å²) in [5, 5.41) is 29.4. The smallest absolute Gasteiger partial charge is 0.442 e. The van der Waals surface area contributed by atoms with E-state index in [1.807, 2.05) is 53.1 Å². The molecule has 0 saturated carbocycles. The Balaban J connectivity index is 1.27. The highest BCUT2D eigenvalue weighted by molar-refractivity contribution is 6.31. The van der Waals surface area contributed by atoms with Gasteiger partial charge in [0.2, 0.25) is 5.82 Å². The molecule has 0 amide bonds. The lowest BCUT2D eigenvalue weighted by Gasteiger charge is -2.11. The summed E-state index contributed by atoms with van der Waals surface area (Å²) < 4.78 is 7.19. The summed E-state index contributed by atoms with van der Waals surface area (Å²) in [6.45, 7) is 2.47. The normalized spacial score (nSPS) is 11.2. The SMILES string of the molecule is CCCCc1nc(Cl)c(C=O)n1Cc1ccc(-c2ccccc2-c2nnn(C(=O)OCc3ccc(CON(O)O)cc3)n2)cc1. The number of nitrogens with zero attached hydrogens (tertiary/aromatic N) is 7. The minimum atomic E-state index is -0.799. The van der Waals surface area contributed by atoms with Gasteiger partial charge in [-0.25, -0.2) is 14.6 Å².